The van der Waals surface area contributed by atoms with E-state index in [1.54, 1.807) is 0 Å². The Morgan fingerprint density at radius 1 is 1.25 bits per heavy atom. The van der Waals surface area contributed by atoms with Crippen LogP contribution in [-0.2, 0) is 6.42 Å². The number of aromatic nitrogens is 3. The summed E-state index contributed by atoms with van der Waals surface area (Å²) in [6.07, 6.45) is 9.50. The molecule has 2 aliphatic rings. The molecule has 1 heterocycles. The topological polar surface area (TPSA) is 67.6 Å². The van der Waals surface area contributed by atoms with Gasteiger partial charge in [0.15, 0.2) is 5.82 Å². The molecule has 0 spiro atoms. The number of hydrogen-bond acceptors (Lipinski definition) is 3. The maximum absolute atomic E-state index is 6.40. The molecule has 0 bridgehead atoms. The van der Waals surface area contributed by atoms with Crippen molar-refractivity contribution in [3.05, 3.63) is 11.6 Å². The molecule has 0 aliphatic heterocycles. The lowest BCUT2D eigenvalue weighted by molar-refractivity contribution is 0.290. The number of nitrogens with one attached hydrogen (secondary N) is 1. The predicted octanol–water partition coefficient (Wildman–Crippen LogP) is 1.89. The molecule has 0 atom stereocenters. The van der Waals surface area contributed by atoms with E-state index in [4.69, 9.17) is 5.73 Å². The molecule has 2 saturated carbocycles. The number of hydrogen-bond donors (Lipinski definition) is 2. The molecular formula is C12H20N4. The lowest BCUT2D eigenvalue weighted by atomic mass is 9.80. The molecule has 3 N–H and O–H groups in total. The van der Waals surface area contributed by atoms with Gasteiger partial charge in [-0.15, -0.1) is 0 Å². The molecule has 1 aromatic heterocycles. The lowest BCUT2D eigenvalue weighted by Gasteiger charge is -2.32. The Labute approximate surface area is 96.0 Å². The van der Waals surface area contributed by atoms with Gasteiger partial charge in [0.1, 0.15) is 5.82 Å². The summed E-state index contributed by atoms with van der Waals surface area (Å²) in [4.78, 5) is 4.56. The number of aromatic amines is 1. The molecule has 1 aromatic rings. The maximum Gasteiger partial charge on any atom is 0.153 e. The van der Waals surface area contributed by atoms with E-state index in [0.29, 0.717) is 5.92 Å². The van der Waals surface area contributed by atoms with Gasteiger partial charge in [0.25, 0.3) is 0 Å². The van der Waals surface area contributed by atoms with Crippen molar-refractivity contribution in [2.45, 2.75) is 62.8 Å². The summed E-state index contributed by atoms with van der Waals surface area (Å²) in [6, 6.07) is 0. The van der Waals surface area contributed by atoms with Gasteiger partial charge in [0, 0.05) is 17.9 Å². The average molecular weight is 220 g/mol. The van der Waals surface area contributed by atoms with E-state index in [9.17, 15) is 0 Å². The fourth-order valence-corrected chi connectivity index (χ4v) is 2.68. The molecule has 3 rings (SSSR count). The molecular weight excluding hydrogens is 200 g/mol. The van der Waals surface area contributed by atoms with E-state index in [2.05, 4.69) is 15.2 Å². The van der Waals surface area contributed by atoms with Crippen LogP contribution in [0.5, 0.6) is 0 Å². The van der Waals surface area contributed by atoms with Crippen molar-refractivity contribution in [1.29, 1.82) is 0 Å². The van der Waals surface area contributed by atoms with E-state index < -0.39 is 0 Å². The van der Waals surface area contributed by atoms with Crippen molar-refractivity contribution in [3.63, 3.8) is 0 Å². The first-order chi connectivity index (χ1) is 7.75. The van der Waals surface area contributed by atoms with E-state index in [1.165, 1.54) is 32.1 Å². The lowest BCUT2D eigenvalue weighted by Crippen LogP contribution is -2.44. The monoisotopic (exact) mass is 220 g/mol. The van der Waals surface area contributed by atoms with E-state index >= 15 is 0 Å². The third kappa shape index (κ3) is 2.12. The summed E-state index contributed by atoms with van der Waals surface area (Å²) in [5.74, 6) is 2.63. The number of nitrogens with two attached hydrogens (primary N) is 1. The highest BCUT2D eigenvalue weighted by Gasteiger charge is 2.31. The Kier molecular flexibility index (Phi) is 2.46. The Bertz CT molecular complexity index is 361. The van der Waals surface area contributed by atoms with Gasteiger partial charge in [0.2, 0.25) is 0 Å². The van der Waals surface area contributed by atoms with Crippen molar-refractivity contribution in [3.8, 4) is 0 Å². The van der Waals surface area contributed by atoms with Gasteiger partial charge < -0.3 is 5.73 Å². The first-order valence-corrected chi connectivity index (χ1v) is 6.45. The Morgan fingerprint density at radius 2 is 2.00 bits per heavy atom. The zero-order chi connectivity index (χ0) is 11.0. The third-order valence-electron chi connectivity index (χ3n) is 3.86. The number of nitrogens with zero attached hydrogens (tertiary/aromatic N) is 2. The molecule has 0 radical (unpaired) electrons. The summed E-state index contributed by atoms with van der Waals surface area (Å²) >= 11 is 0. The van der Waals surface area contributed by atoms with Crippen LogP contribution in [0.4, 0.5) is 0 Å². The van der Waals surface area contributed by atoms with Crippen molar-refractivity contribution in [1.82, 2.24) is 15.2 Å². The first-order valence-electron chi connectivity index (χ1n) is 6.45. The van der Waals surface area contributed by atoms with Crippen molar-refractivity contribution < 1.29 is 0 Å². The van der Waals surface area contributed by atoms with Crippen molar-refractivity contribution >= 4 is 0 Å². The average Bonchev–Trinajstić information content (AvgIpc) is 3.02. The summed E-state index contributed by atoms with van der Waals surface area (Å²) < 4.78 is 0. The summed E-state index contributed by atoms with van der Waals surface area (Å²) in [5.41, 5.74) is 6.38. The highest BCUT2D eigenvalue weighted by Crippen LogP contribution is 2.38. The van der Waals surface area contributed by atoms with Gasteiger partial charge >= 0.3 is 0 Å². The minimum absolute atomic E-state index is 0.0292. The van der Waals surface area contributed by atoms with Crippen molar-refractivity contribution in [2.24, 2.45) is 5.73 Å². The number of rotatable bonds is 3. The van der Waals surface area contributed by atoms with Crippen LogP contribution in [0, 0.1) is 0 Å². The van der Waals surface area contributed by atoms with E-state index in [1.807, 2.05) is 0 Å². The quantitative estimate of drug-likeness (QED) is 0.817. The number of H-pyrrole nitrogens is 1. The van der Waals surface area contributed by atoms with Crippen LogP contribution >= 0.6 is 0 Å². The van der Waals surface area contributed by atoms with Crippen LogP contribution in [0.25, 0.3) is 0 Å². The molecule has 0 unspecified atom stereocenters. The normalized spacial score (nSPS) is 24.6. The largest absolute Gasteiger partial charge is 0.325 e. The fourth-order valence-electron chi connectivity index (χ4n) is 2.68. The van der Waals surface area contributed by atoms with Gasteiger partial charge in [-0.3, -0.25) is 5.10 Å². The molecule has 0 amide bonds. The van der Waals surface area contributed by atoms with Crippen LogP contribution in [0.15, 0.2) is 0 Å². The van der Waals surface area contributed by atoms with Crippen molar-refractivity contribution in [2.75, 3.05) is 0 Å². The van der Waals surface area contributed by atoms with Gasteiger partial charge in [-0.1, -0.05) is 19.3 Å². The van der Waals surface area contributed by atoms with Crippen LogP contribution in [0.2, 0.25) is 0 Å². The molecule has 4 heteroatoms. The Morgan fingerprint density at radius 3 is 2.69 bits per heavy atom. The Balaban J connectivity index is 1.67. The van der Waals surface area contributed by atoms with Gasteiger partial charge in [0.05, 0.1) is 0 Å². The zero-order valence-electron chi connectivity index (χ0n) is 9.71. The second-order valence-electron chi connectivity index (χ2n) is 5.51. The van der Waals surface area contributed by atoms with E-state index in [-0.39, 0.29) is 5.54 Å². The molecule has 16 heavy (non-hydrogen) atoms. The Hall–Kier alpha value is -0.900. The molecule has 88 valence electrons. The molecule has 0 aromatic carbocycles. The highest BCUT2D eigenvalue weighted by atomic mass is 15.2. The summed E-state index contributed by atoms with van der Waals surface area (Å²) in [6.45, 7) is 0. The first kappa shape index (κ1) is 10.3. The van der Waals surface area contributed by atoms with Crippen LogP contribution in [0.1, 0.15) is 62.5 Å². The minimum atomic E-state index is -0.0292. The van der Waals surface area contributed by atoms with E-state index in [0.717, 1.165) is 30.9 Å². The van der Waals surface area contributed by atoms with Gasteiger partial charge in [-0.2, -0.15) is 5.10 Å². The van der Waals surface area contributed by atoms with Crippen LogP contribution in [0.3, 0.4) is 0 Å². The second kappa shape index (κ2) is 3.84. The van der Waals surface area contributed by atoms with Gasteiger partial charge in [-0.25, -0.2) is 4.98 Å². The highest BCUT2D eigenvalue weighted by molar-refractivity contribution is 5.07. The molecule has 0 saturated heterocycles. The van der Waals surface area contributed by atoms with Crippen LogP contribution in [-0.4, -0.2) is 20.7 Å². The molecule has 2 fully saturated rings. The second-order valence-corrected chi connectivity index (χ2v) is 5.51. The zero-order valence-corrected chi connectivity index (χ0v) is 9.71. The van der Waals surface area contributed by atoms with Gasteiger partial charge in [-0.05, 0) is 25.7 Å². The fraction of sp³-hybridized carbons (Fsp3) is 0.833. The summed E-state index contributed by atoms with van der Waals surface area (Å²) in [7, 11) is 0. The standard InChI is InChI=1S/C12H20N4/c13-12(6-2-1-3-7-12)8-10-14-11(16-15-10)9-4-5-9/h9H,1-8,13H2,(H,14,15,16). The maximum atomic E-state index is 6.40. The molecule has 4 nitrogen and oxygen atoms in total. The molecule has 2 aliphatic carbocycles. The third-order valence-corrected chi connectivity index (χ3v) is 3.86. The minimum Gasteiger partial charge on any atom is -0.325 e. The summed E-state index contributed by atoms with van der Waals surface area (Å²) in [5, 5.41) is 7.34. The SMILES string of the molecule is NC1(Cc2nc(C3CC3)n[nH]2)CCCCC1. The smallest absolute Gasteiger partial charge is 0.153 e. The van der Waals surface area contributed by atoms with Crippen LogP contribution < -0.4 is 5.73 Å². The predicted molar refractivity (Wildman–Crippen MR) is 62.1 cm³/mol.